The minimum Gasteiger partial charge on any atom is -0.341 e. The lowest BCUT2D eigenvalue weighted by atomic mass is 10.2. The highest BCUT2D eigenvalue weighted by molar-refractivity contribution is 6.31. The van der Waals surface area contributed by atoms with Crippen molar-refractivity contribution < 1.29 is 4.79 Å². The van der Waals surface area contributed by atoms with Crippen LogP contribution in [0.4, 0.5) is 0 Å². The second kappa shape index (κ2) is 7.34. The van der Waals surface area contributed by atoms with Crippen molar-refractivity contribution in [3.8, 4) is 0 Å². The van der Waals surface area contributed by atoms with E-state index in [1.807, 2.05) is 34.0 Å². The molecular weight excluding hydrogens is 336 g/mol. The molecule has 2 aliphatic rings. The first kappa shape index (κ1) is 16.9. The van der Waals surface area contributed by atoms with Crippen LogP contribution >= 0.6 is 11.6 Å². The molecule has 0 atom stereocenters. The second-order valence-corrected chi connectivity index (χ2v) is 7.74. The third-order valence-electron chi connectivity index (χ3n) is 5.30. The van der Waals surface area contributed by atoms with E-state index >= 15 is 0 Å². The Morgan fingerprint density at radius 1 is 1.20 bits per heavy atom. The van der Waals surface area contributed by atoms with Gasteiger partial charge in [0.2, 0.25) is 5.91 Å². The quantitative estimate of drug-likeness (QED) is 0.823. The van der Waals surface area contributed by atoms with Crippen LogP contribution in [0, 0.1) is 5.92 Å². The van der Waals surface area contributed by atoms with Gasteiger partial charge in [-0.25, -0.2) is 0 Å². The van der Waals surface area contributed by atoms with Crippen molar-refractivity contribution in [3.05, 3.63) is 29.4 Å². The van der Waals surface area contributed by atoms with Crippen molar-refractivity contribution in [1.82, 2.24) is 19.6 Å². The summed E-state index contributed by atoms with van der Waals surface area (Å²) in [6, 6.07) is 5.74. The van der Waals surface area contributed by atoms with Crippen LogP contribution < -0.4 is 0 Å². The molecule has 0 unspecified atom stereocenters. The van der Waals surface area contributed by atoms with Gasteiger partial charge in [0.15, 0.2) is 0 Å². The fraction of sp³-hybridized carbons (Fsp3) is 0.579. The van der Waals surface area contributed by atoms with Crippen LogP contribution in [-0.4, -0.2) is 58.2 Å². The van der Waals surface area contributed by atoms with Gasteiger partial charge in [-0.1, -0.05) is 11.6 Å². The van der Waals surface area contributed by atoms with E-state index in [9.17, 15) is 4.79 Å². The Balaban J connectivity index is 1.32. The standard InChI is InChI=1S/C19H25ClN4O/c20-17-5-4-16-13-21-24(18(16)12-17)9-6-19(25)23-8-1-7-22(10-11-23)14-15-2-3-15/h4-5,12-13,15H,1-3,6-11,14H2. The predicted molar refractivity (Wildman–Crippen MR) is 99.7 cm³/mol. The third kappa shape index (κ3) is 4.15. The summed E-state index contributed by atoms with van der Waals surface area (Å²) >= 11 is 6.08. The number of hydrogen-bond acceptors (Lipinski definition) is 3. The summed E-state index contributed by atoms with van der Waals surface area (Å²) in [5.74, 6) is 1.15. The molecule has 134 valence electrons. The number of benzene rings is 1. The molecule has 0 bridgehead atoms. The number of hydrogen-bond donors (Lipinski definition) is 0. The molecule has 6 heteroatoms. The van der Waals surface area contributed by atoms with Crippen LogP contribution in [0.5, 0.6) is 0 Å². The molecule has 1 saturated heterocycles. The minimum absolute atomic E-state index is 0.235. The van der Waals surface area contributed by atoms with Crippen molar-refractivity contribution >= 4 is 28.4 Å². The lowest BCUT2D eigenvalue weighted by Gasteiger charge is -2.22. The summed E-state index contributed by atoms with van der Waals surface area (Å²) in [6.45, 7) is 5.71. The Hall–Kier alpha value is -1.59. The summed E-state index contributed by atoms with van der Waals surface area (Å²) < 4.78 is 1.89. The average molecular weight is 361 g/mol. The summed E-state index contributed by atoms with van der Waals surface area (Å²) in [5, 5.41) is 6.16. The highest BCUT2D eigenvalue weighted by Crippen LogP contribution is 2.30. The zero-order valence-electron chi connectivity index (χ0n) is 14.5. The molecule has 1 aliphatic heterocycles. The lowest BCUT2D eigenvalue weighted by molar-refractivity contribution is -0.131. The number of aromatic nitrogens is 2. The Morgan fingerprint density at radius 2 is 2.08 bits per heavy atom. The van der Waals surface area contributed by atoms with Gasteiger partial charge in [0.25, 0.3) is 0 Å². The van der Waals surface area contributed by atoms with Crippen molar-refractivity contribution in [2.45, 2.75) is 32.2 Å². The smallest absolute Gasteiger partial charge is 0.224 e. The fourth-order valence-corrected chi connectivity index (χ4v) is 3.82. The van der Waals surface area contributed by atoms with Gasteiger partial charge in [0, 0.05) is 43.0 Å². The Morgan fingerprint density at radius 3 is 2.92 bits per heavy atom. The molecule has 0 spiro atoms. The van der Waals surface area contributed by atoms with Gasteiger partial charge in [-0.3, -0.25) is 9.48 Å². The summed E-state index contributed by atoms with van der Waals surface area (Å²) in [4.78, 5) is 17.2. The Kier molecular flexibility index (Phi) is 4.95. The zero-order chi connectivity index (χ0) is 17.2. The number of fused-ring (bicyclic) bond motifs is 1. The molecule has 2 aromatic rings. The topological polar surface area (TPSA) is 41.4 Å². The molecule has 1 saturated carbocycles. The third-order valence-corrected chi connectivity index (χ3v) is 5.53. The zero-order valence-corrected chi connectivity index (χ0v) is 15.3. The SMILES string of the molecule is O=C(CCn1ncc2ccc(Cl)cc21)N1CCCN(CC2CC2)CC1. The fourth-order valence-electron chi connectivity index (χ4n) is 3.65. The van der Waals surface area contributed by atoms with Gasteiger partial charge in [0.1, 0.15) is 0 Å². The van der Waals surface area contributed by atoms with Gasteiger partial charge in [0.05, 0.1) is 18.3 Å². The normalized spacial score (nSPS) is 19.3. The van der Waals surface area contributed by atoms with Crippen LogP contribution in [0.25, 0.3) is 10.9 Å². The van der Waals surface area contributed by atoms with E-state index in [1.54, 1.807) is 0 Å². The lowest BCUT2D eigenvalue weighted by Crippen LogP contribution is -2.36. The molecule has 1 amide bonds. The predicted octanol–water partition coefficient (Wildman–Crippen LogP) is 3.02. The van der Waals surface area contributed by atoms with Crippen molar-refractivity contribution in [3.63, 3.8) is 0 Å². The van der Waals surface area contributed by atoms with E-state index < -0.39 is 0 Å². The highest BCUT2D eigenvalue weighted by atomic mass is 35.5. The molecule has 0 radical (unpaired) electrons. The van der Waals surface area contributed by atoms with E-state index in [2.05, 4.69) is 10.00 Å². The molecule has 0 N–H and O–H groups in total. The number of rotatable bonds is 5. The van der Waals surface area contributed by atoms with E-state index in [-0.39, 0.29) is 5.91 Å². The number of carbonyl (C=O) groups excluding carboxylic acids is 1. The van der Waals surface area contributed by atoms with Crippen LogP contribution in [-0.2, 0) is 11.3 Å². The minimum atomic E-state index is 0.235. The molecule has 1 aromatic carbocycles. The number of halogens is 1. The van der Waals surface area contributed by atoms with Crippen LogP contribution in [0.1, 0.15) is 25.7 Å². The summed E-state index contributed by atoms with van der Waals surface area (Å²) in [7, 11) is 0. The van der Waals surface area contributed by atoms with Gasteiger partial charge in [-0.05, 0) is 49.9 Å². The molecule has 1 aromatic heterocycles. The van der Waals surface area contributed by atoms with Crippen LogP contribution in [0.3, 0.4) is 0 Å². The summed E-state index contributed by atoms with van der Waals surface area (Å²) in [6.07, 6.45) is 6.19. The van der Waals surface area contributed by atoms with Gasteiger partial charge < -0.3 is 9.80 Å². The maximum Gasteiger partial charge on any atom is 0.224 e. The maximum atomic E-state index is 12.6. The van der Waals surface area contributed by atoms with Crippen molar-refractivity contribution in [1.29, 1.82) is 0 Å². The second-order valence-electron chi connectivity index (χ2n) is 7.30. The van der Waals surface area contributed by atoms with Crippen molar-refractivity contribution in [2.75, 3.05) is 32.7 Å². The molecule has 2 heterocycles. The monoisotopic (exact) mass is 360 g/mol. The number of carbonyl (C=O) groups is 1. The van der Waals surface area contributed by atoms with Crippen LogP contribution in [0.2, 0.25) is 5.02 Å². The number of nitrogens with zero attached hydrogens (tertiary/aromatic N) is 4. The van der Waals surface area contributed by atoms with Crippen LogP contribution in [0.15, 0.2) is 24.4 Å². The van der Waals surface area contributed by atoms with E-state index in [1.165, 1.54) is 19.4 Å². The average Bonchev–Trinajstić information content (AvgIpc) is 3.38. The van der Waals surface area contributed by atoms with Crippen molar-refractivity contribution in [2.24, 2.45) is 5.92 Å². The molecule has 2 fully saturated rings. The van der Waals surface area contributed by atoms with E-state index in [0.29, 0.717) is 18.0 Å². The molecule has 1 aliphatic carbocycles. The maximum absolute atomic E-state index is 12.6. The first-order chi connectivity index (χ1) is 12.2. The van der Waals surface area contributed by atoms with Gasteiger partial charge in [-0.2, -0.15) is 5.10 Å². The molecular formula is C19H25ClN4O. The molecule has 4 rings (SSSR count). The van der Waals surface area contributed by atoms with E-state index in [0.717, 1.165) is 49.4 Å². The Labute approximate surface area is 153 Å². The number of aryl methyl sites for hydroxylation is 1. The largest absolute Gasteiger partial charge is 0.341 e. The summed E-state index contributed by atoms with van der Waals surface area (Å²) in [5.41, 5.74) is 0.992. The van der Waals surface area contributed by atoms with E-state index in [4.69, 9.17) is 11.6 Å². The highest BCUT2D eigenvalue weighted by Gasteiger charge is 2.26. The Bertz CT molecular complexity index is 755. The molecule has 5 nitrogen and oxygen atoms in total. The van der Waals surface area contributed by atoms with Gasteiger partial charge >= 0.3 is 0 Å². The number of amides is 1. The first-order valence-electron chi connectivity index (χ1n) is 9.30. The first-order valence-corrected chi connectivity index (χ1v) is 9.68. The van der Waals surface area contributed by atoms with Gasteiger partial charge in [-0.15, -0.1) is 0 Å². The molecule has 25 heavy (non-hydrogen) atoms.